The summed E-state index contributed by atoms with van der Waals surface area (Å²) >= 11 is 0. The van der Waals surface area contributed by atoms with Gasteiger partial charge in [-0.3, -0.25) is 19.4 Å². The van der Waals surface area contributed by atoms with E-state index in [9.17, 15) is 9.59 Å². The smallest absolute Gasteiger partial charge is 0.232 e. The highest BCUT2D eigenvalue weighted by Crippen LogP contribution is 2.26. The monoisotopic (exact) mass is 235 g/mol. The molecule has 0 saturated carbocycles. The molecule has 92 valence electrons. The maximum absolute atomic E-state index is 11.9. The molecule has 2 saturated heterocycles. The van der Waals surface area contributed by atoms with Crippen molar-refractivity contribution in [1.82, 2.24) is 9.80 Å². The second-order valence-electron chi connectivity index (χ2n) is 4.87. The van der Waals surface area contributed by atoms with E-state index in [1.165, 1.54) is 4.90 Å². The van der Waals surface area contributed by atoms with Gasteiger partial charge in [-0.15, -0.1) is 0 Å². The first kappa shape index (κ1) is 12.1. The van der Waals surface area contributed by atoms with E-state index in [4.69, 9.17) is 5.26 Å². The first-order valence-electron chi connectivity index (χ1n) is 6.08. The highest BCUT2D eigenvalue weighted by molar-refractivity contribution is 6.03. The molecule has 0 spiro atoms. The van der Waals surface area contributed by atoms with E-state index < -0.39 is 0 Å². The lowest BCUT2D eigenvalue weighted by Crippen LogP contribution is -2.47. The molecule has 0 bridgehead atoms. The van der Waals surface area contributed by atoms with Crippen molar-refractivity contribution in [3.8, 4) is 6.07 Å². The molecular formula is C12H17N3O2. The fourth-order valence-electron chi connectivity index (χ4n) is 2.63. The summed E-state index contributed by atoms with van der Waals surface area (Å²) in [7, 11) is 0. The van der Waals surface area contributed by atoms with Crippen LogP contribution in [0.15, 0.2) is 0 Å². The van der Waals surface area contributed by atoms with Gasteiger partial charge in [0.15, 0.2) is 0 Å². The first-order chi connectivity index (χ1) is 8.13. The van der Waals surface area contributed by atoms with Crippen LogP contribution in [0.25, 0.3) is 0 Å². The quantitative estimate of drug-likeness (QED) is 0.512. The van der Waals surface area contributed by atoms with Gasteiger partial charge in [-0.1, -0.05) is 6.92 Å². The van der Waals surface area contributed by atoms with Gasteiger partial charge in [0.2, 0.25) is 11.8 Å². The zero-order chi connectivity index (χ0) is 12.4. The molecule has 0 aromatic rings. The minimum Gasteiger partial charge on any atom is -0.290 e. The van der Waals surface area contributed by atoms with E-state index >= 15 is 0 Å². The predicted octanol–water partition coefficient (Wildman–Crippen LogP) is 0.369. The number of amides is 2. The van der Waals surface area contributed by atoms with Crippen LogP contribution in [0.4, 0.5) is 0 Å². The zero-order valence-corrected chi connectivity index (χ0v) is 10.1. The Morgan fingerprint density at radius 1 is 1.35 bits per heavy atom. The number of piperidine rings is 1. The molecule has 0 N–H and O–H groups in total. The maximum Gasteiger partial charge on any atom is 0.232 e. The lowest BCUT2D eigenvalue weighted by atomic mass is 10.0. The fourth-order valence-corrected chi connectivity index (χ4v) is 2.63. The SMILES string of the molecule is CC1CC(=O)N(C2CCN(CC#N)CC2)C1=O. The van der Waals surface area contributed by atoms with Crippen molar-refractivity contribution in [1.29, 1.82) is 5.26 Å². The van der Waals surface area contributed by atoms with Crippen molar-refractivity contribution in [3.05, 3.63) is 0 Å². The molecule has 17 heavy (non-hydrogen) atoms. The first-order valence-corrected chi connectivity index (χ1v) is 6.08. The number of rotatable bonds is 2. The molecule has 2 rings (SSSR count). The van der Waals surface area contributed by atoms with Crippen LogP contribution in [0.2, 0.25) is 0 Å². The molecule has 5 nitrogen and oxygen atoms in total. The summed E-state index contributed by atoms with van der Waals surface area (Å²) in [6, 6.07) is 2.18. The molecule has 0 aliphatic carbocycles. The van der Waals surface area contributed by atoms with E-state index in [1.54, 1.807) is 0 Å². The van der Waals surface area contributed by atoms with Crippen LogP contribution in [-0.4, -0.2) is 47.3 Å². The number of nitrogens with zero attached hydrogens (tertiary/aromatic N) is 3. The Morgan fingerprint density at radius 3 is 2.47 bits per heavy atom. The Labute approximate surface area is 101 Å². The summed E-state index contributed by atoms with van der Waals surface area (Å²) < 4.78 is 0. The number of nitriles is 1. The summed E-state index contributed by atoms with van der Waals surface area (Å²) in [4.78, 5) is 27.1. The lowest BCUT2D eigenvalue weighted by Gasteiger charge is -2.34. The van der Waals surface area contributed by atoms with E-state index in [0.717, 1.165) is 25.9 Å². The lowest BCUT2D eigenvalue weighted by molar-refractivity contribution is -0.143. The van der Waals surface area contributed by atoms with Crippen LogP contribution in [0.5, 0.6) is 0 Å². The van der Waals surface area contributed by atoms with Gasteiger partial charge < -0.3 is 0 Å². The number of likely N-dealkylation sites (tertiary alicyclic amines) is 2. The highest BCUT2D eigenvalue weighted by Gasteiger charge is 2.40. The number of hydrogen-bond donors (Lipinski definition) is 0. The Bertz CT molecular complexity index is 366. The van der Waals surface area contributed by atoms with Gasteiger partial charge in [-0.2, -0.15) is 5.26 Å². The zero-order valence-electron chi connectivity index (χ0n) is 10.1. The molecule has 2 heterocycles. The number of imide groups is 1. The van der Waals surface area contributed by atoms with E-state index in [-0.39, 0.29) is 23.8 Å². The topological polar surface area (TPSA) is 64.4 Å². The average molecular weight is 235 g/mol. The van der Waals surface area contributed by atoms with Gasteiger partial charge in [0.05, 0.1) is 12.6 Å². The summed E-state index contributed by atoms with van der Waals surface area (Å²) in [6.45, 7) is 3.84. The molecule has 2 amide bonds. The van der Waals surface area contributed by atoms with E-state index in [0.29, 0.717) is 13.0 Å². The largest absolute Gasteiger partial charge is 0.290 e. The third-order valence-electron chi connectivity index (χ3n) is 3.63. The summed E-state index contributed by atoms with van der Waals surface area (Å²) in [5.41, 5.74) is 0. The standard InChI is InChI=1S/C12H17N3O2/c1-9-8-11(16)15(12(9)17)10-2-5-14(6-3-10)7-4-13/h9-10H,2-3,5-8H2,1H3. The molecule has 1 unspecified atom stereocenters. The molecular weight excluding hydrogens is 218 g/mol. The third-order valence-corrected chi connectivity index (χ3v) is 3.63. The predicted molar refractivity (Wildman–Crippen MR) is 60.7 cm³/mol. The van der Waals surface area contributed by atoms with Crippen molar-refractivity contribution in [3.63, 3.8) is 0 Å². The van der Waals surface area contributed by atoms with Crippen LogP contribution >= 0.6 is 0 Å². The van der Waals surface area contributed by atoms with Crippen molar-refractivity contribution < 1.29 is 9.59 Å². The van der Waals surface area contributed by atoms with Gasteiger partial charge in [-0.25, -0.2) is 0 Å². The van der Waals surface area contributed by atoms with Crippen molar-refractivity contribution >= 4 is 11.8 Å². The van der Waals surface area contributed by atoms with E-state index in [1.807, 2.05) is 6.92 Å². The van der Waals surface area contributed by atoms with Crippen LogP contribution in [0.3, 0.4) is 0 Å². The van der Waals surface area contributed by atoms with Gasteiger partial charge in [-0.05, 0) is 12.8 Å². The normalized spacial score (nSPS) is 27.5. The van der Waals surface area contributed by atoms with Crippen LogP contribution < -0.4 is 0 Å². The van der Waals surface area contributed by atoms with Crippen LogP contribution in [-0.2, 0) is 9.59 Å². The second-order valence-corrected chi connectivity index (χ2v) is 4.87. The average Bonchev–Trinajstić information content (AvgIpc) is 2.55. The number of carbonyl (C=O) groups excluding carboxylic acids is 2. The van der Waals surface area contributed by atoms with Crippen LogP contribution in [0, 0.1) is 17.2 Å². The Hall–Kier alpha value is -1.41. The van der Waals surface area contributed by atoms with Gasteiger partial charge in [0.1, 0.15) is 0 Å². The van der Waals surface area contributed by atoms with Crippen LogP contribution in [0.1, 0.15) is 26.2 Å². The molecule has 2 fully saturated rings. The van der Waals surface area contributed by atoms with Crippen molar-refractivity contribution in [2.24, 2.45) is 5.92 Å². The summed E-state index contributed by atoms with van der Waals surface area (Å²) in [5.74, 6) is -0.199. The Balaban J connectivity index is 1.95. The Morgan fingerprint density at radius 2 is 2.00 bits per heavy atom. The van der Waals surface area contributed by atoms with Gasteiger partial charge in [0, 0.05) is 31.5 Å². The molecule has 0 aromatic carbocycles. The number of hydrogen-bond acceptors (Lipinski definition) is 4. The summed E-state index contributed by atoms with van der Waals surface area (Å²) in [5, 5.41) is 8.60. The molecule has 5 heteroatoms. The van der Waals surface area contributed by atoms with Gasteiger partial charge >= 0.3 is 0 Å². The minimum atomic E-state index is -0.153. The Kier molecular flexibility index (Phi) is 3.43. The minimum absolute atomic E-state index is 0.0197. The van der Waals surface area contributed by atoms with Crippen molar-refractivity contribution in [2.45, 2.75) is 32.2 Å². The molecule has 0 radical (unpaired) electrons. The maximum atomic E-state index is 11.9. The van der Waals surface area contributed by atoms with Gasteiger partial charge in [0.25, 0.3) is 0 Å². The third kappa shape index (κ3) is 2.32. The van der Waals surface area contributed by atoms with E-state index in [2.05, 4.69) is 11.0 Å². The highest BCUT2D eigenvalue weighted by atomic mass is 16.2. The fraction of sp³-hybridized carbons (Fsp3) is 0.750. The molecule has 2 aliphatic heterocycles. The summed E-state index contributed by atoms with van der Waals surface area (Å²) in [6.07, 6.45) is 1.95. The van der Waals surface area contributed by atoms with Crippen molar-refractivity contribution in [2.75, 3.05) is 19.6 Å². The molecule has 1 atom stereocenters. The molecule has 0 aromatic heterocycles. The second kappa shape index (κ2) is 4.84. The number of carbonyl (C=O) groups is 2. The molecule has 2 aliphatic rings.